The Morgan fingerprint density at radius 3 is 2.52 bits per heavy atom. The van der Waals surface area contributed by atoms with E-state index >= 15 is 0 Å². The quantitative estimate of drug-likeness (QED) is 0.212. The summed E-state index contributed by atoms with van der Waals surface area (Å²) in [5.41, 5.74) is 0.233. The van der Waals surface area contributed by atoms with Crippen LogP contribution in [0.3, 0.4) is 0 Å². The standard InChI is InChI=1S/C21H24FN3O2S.HI/c1-2-23-21(24-12-17(26)15-8-4-5-9-16(15)22)25-13-18(27)20-11-14-7-3-6-10-19(14)28-20;/h3-11,17-18,26-27H,2,12-13H2,1H3,(H2,23,24,25);1H. The van der Waals surface area contributed by atoms with E-state index in [4.69, 9.17) is 0 Å². The van der Waals surface area contributed by atoms with Gasteiger partial charge in [0.1, 0.15) is 11.9 Å². The highest BCUT2D eigenvalue weighted by molar-refractivity contribution is 14.0. The number of nitrogens with one attached hydrogen (secondary N) is 2. The smallest absolute Gasteiger partial charge is 0.191 e. The highest BCUT2D eigenvalue weighted by Crippen LogP contribution is 2.29. The summed E-state index contributed by atoms with van der Waals surface area (Å²) >= 11 is 1.55. The SMILES string of the molecule is CCNC(=NCC(O)c1cc2ccccc2s1)NCC(O)c1ccccc1F.I. The molecule has 29 heavy (non-hydrogen) atoms. The van der Waals surface area contributed by atoms with Crippen molar-refractivity contribution in [1.82, 2.24) is 10.6 Å². The second-order valence-corrected chi connectivity index (χ2v) is 7.46. The maximum atomic E-state index is 13.8. The van der Waals surface area contributed by atoms with E-state index in [0.717, 1.165) is 15.0 Å². The summed E-state index contributed by atoms with van der Waals surface area (Å²) in [7, 11) is 0. The summed E-state index contributed by atoms with van der Waals surface area (Å²) in [6.07, 6.45) is -1.72. The van der Waals surface area contributed by atoms with Crippen molar-refractivity contribution in [2.45, 2.75) is 19.1 Å². The minimum absolute atomic E-state index is 0. The molecule has 0 aliphatic rings. The van der Waals surface area contributed by atoms with E-state index < -0.39 is 18.0 Å². The maximum Gasteiger partial charge on any atom is 0.191 e. The normalized spacial score (nSPS) is 13.6. The second kappa shape index (κ2) is 11.4. The zero-order valence-electron chi connectivity index (χ0n) is 16.0. The van der Waals surface area contributed by atoms with Crippen molar-refractivity contribution in [1.29, 1.82) is 0 Å². The van der Waals surface area contributed by atoms with E-state index in [1.807, 2.05) is 37.3 Å². The van der Waals surface area contributed by atoms with Gasteiger partial charge in [0.25, 0.3) is 0 Å². The van der Waals surface area contributed by atoms with Gasteiger partial charge in [-0.25, -0.2) is 4.39 Å². The lowest BCUT2D eigenvalue weighted by atomic mass is 10.1. The van der Waals surface area contributed by atoms with Crippen LogP contribution in [-0.2, 0) is 0 Å². The number of nitrogens with zero attached hydrogens (tertiary/aromatic N) is 1. The highest BCUT2D eigenvalue weighted by Gasteiger charge is 2.14. The Morgan fingerprint density at radius 1 is 1.07 bits per heavy atom. The van der Waals surface area contributed by atoms with E-state index in [1.54, 1.807) is 29.5 Å². The molecule has 8 heteroatoms. The molecule has 0 amide bonds. The molecule has 0 spiro atoms. The van der Waals surface area contributed by atoms with Crippen LogP contribution in [0.4, 0.5) is 4.39 Å². The molecule has 156 valence electrons. The zero-order chi connectivity index (χ0) is 19.9. The fourth-order valence-electron chi connectivity index (χ4n) is 2.82. The summed E-state index contributed by atoms with van der Waals surface area (Å²) in [5, 5.41) is 27.9. The fourth-order valence-corrected chi connectivity index (χ4v) is 3.87. The van der Waals surface area contributed by atoms with Crippen LogP contribution >= 0.6 is 35.3 Å². The van der Waals surface area contributed by atoms with Gasteiger partial charge in [0.15, 0.2) is 5.96 Å². The molecule has 3 aromatic rings. The minimum atomic E-state index is -1.00. The molecule has 1 aromatic heterocycles. The number of halogens is 2. The molecule has 5 nitrogen and oxygen atoms in total. The zero-order valence-corrected chi connectivity index (χ0v) is 19.2. The Morgan fingerprint density at radius 2 is 1.79 bits per heavy atom. The van der Waals surface area contributed by atoms with Crippen LogP contribution in [0.1, 0.15) is 29.6 Å². The molecule has 0 radical (unpaired) electrons. The number of aliphatic hydroxyl groups is 2. The first-order valence-electron chi connectivity index (χ1n) is 9.19. The number of rotatable bonds is 7. The van der Waals surface area contributed by atoms with Crippen LogP contribution in [0.15, 0.2) is 59.6 Å². The van der Waals surface area contributed by atoms with E-state index in [0.29, 0.717) is 12.5 Å². The Hall–Kier alpha value is -1.75. The number of hydrogen-bond donors (Lipinski definition) is 4. The summed E-state index contributed by atoms with van der Waals surface area (Å²) in [6, 6.07) is 16.1. The highest BCUT2D eigenvalue weighted by atomic mass is 127. The molecule has 0 aliphatic carbocycles. The number of guanidine groups is 1. The summed E-state index contributed by atoms with van der Waals surface area (Å²) in [5.74, 6) is 0.0111. The molecule has 0 aliphatic heterocycles. The van der Waals surface area contributed by atoms with E-state index in [2.05, 4.69) is 15.6 Å². The molecule has 0 bridgehead atoms. The Labute approximate surface area is 190 Å². The van der Waals surface area contributed by atoms with Crippen molar-refractivity contribution >= 4 is 51.4 Å². The third-order valence-corrected chi connectivity index (χ3v) is 5.48. The van der Waals surface area contributed by atoms with Gasteiger partial charge in [0.2, 0.25) is 0 Å². The van der Waals surface area contributed by atoms with E-state index in [-0.39, 0.29) is 42.6 Å². The van der Waals surface area contributed by atoms with Crippen LogP contribution in [0.5, 0.6) is 0 Å². The van der Waals surface area contributed by atoms with Crippen molar-refractivity contribution < 1.29 is 14.6 Å². The largest absolute Gasteiger partial charge is 0.386 e. The number of aliphatic imine (C=N–C) groups is 1. The average Bonchev–Trinajstić information content (AvgIpc) is 3.14. The fraction of sp³-hybridized carbons (Fsp3) is 0.286. The number of fused-ring (bicyclic) bond motifs is 1. The molecule has 1 heterocycles. The molecule has 2 aromatic carbocycles. The minimum Gasteiger partial charge on any atom is -0.386 e. The van der Waals surface area contributed by atoms with Crippen molar-refractivity contribution in [3.63, 3.8) is 0 Å². The molecule has 0 fully saturated rings. The molecular weight excluding hydrogens is 504 g/mol. The van der Waals surface area contributed by atoms with Crippen LogP contribution in [-0.4, -0.2) is 35.8 Å². The lowest BCUT2D eigenvalue weighted by molar-refractivity contribution is 0.175. The van der Waals surface area contributed by atoms with E-state index in [9.17, 15) is 14.6 Å². The maximum absolute atomic E-state index is 13.8. The first-order valence-corrected chi connectivity index (χ1v) is 10.0. The Bertz CT molecular complexity index is 917. The van der Waals surface area contributed by atoms with Crippen molar-refractivity contribution in [2.75, 3.05) is 19.6 Å². The predicted molar refractivity (Wildman–Crippen MR) is 128 cm³/mol. The topological polar surface area (TPSA) is 76.9 Å². The second-order valence-electron chi connectivity index (χ2n) is 6.34. The molecule has 2 atom stereocenters. The van der Waals surface area contributed by atoms with Crippen LogP contribution < -0.4 is 10.6 Å². The van der Waals surface area contributed by atoms with Gasteiger partial charge in [-0.2, -0.15) is 0 Å². The summed E-state index contributed by atoms with van der Waals surface area (Å²) < 4.78 is 14.9. The average molecular weight is 529 g/mol. The van der Waals surface area contributed by atoms with Crippen LogP contribution in [0, 0.1) is 5.82 Å². The van der Waals surface area contributed by atoms with Crippen LogP contribution in [0.2, 0.25) is 0 Å². The lowest BCUT2D eigenvalue weighted by Crippen LogP contribution is -2.39. The Kier molecular flexibility index (Phi) is 9.28. The lowest BCUT2D eigenvalue weighted by Gasteiger charge is -2.16. The monoisotopic (exact) mass is 529 g/mol. The summed E-state index contributed by atoms with van der Waals surface area (Å²) in [6.45, 7) is 2.83. The number of aliphatic hydroxyl groups excluding tert-OH is 2. The van der Waals surface area contributed by atoms with E-state index in [1.165, 1.54) is 6.07 Å². The summed E-state index contributed by atoms with van der Waals surface area (Å²) in [4.78, 5) is 5.25. The van der Waals surface area contributed by atoms with Crippen molar-refractivity contribution in [3.05, 3.63) is 70.9 Å². The first-order chi connectivity index (χ1) is 13.6. The third kappa shape index (κ3) is 6.36. The van der Waals surface area contributed by atoms with Crippen molar-refractivity contribution in [2.24, 2.45) is 4.99 Å². The molecule has 3 rings (SSSR count). The molecule has 4 N–H and O–H groups in total. The number of hydrogen-bond acceptors (Lipinski definition) is 4. The molecule has 2 unspecified atom stereocenters. The van der Waals surface area contributed by atoms with Gasteiger partial charge >= 0.3 is 0 Å². The van der Waals surface area contributed by atoms with Gasteiger partial charge in [-0.1, -0.05) is 36.4 Å². The molecular formula is C21H25FIN3O2S. The first kappa shape index (κ1) is 23.5. The third-order valence-electron chi connectivity index (χ3n) is 4.27. The van der Waals surface area contributed by atoms with Gasteiger partial charge in [-0.15, -0.1) is 35.3 Å². The number of benzene rings is 2. The van der Waals surface area contributed by atoms with Gasteiger partial charge < -0.3 is 20.8 Å². The van der Waals surface area contributed by atoms with Gasteiger partial charge in [0.05, 0.1) is 12.6 Å². The Balaban J connectivity index is 0.00000300. The van der Waals surface area contributed by atoms with Gasteiger partial charge in [-0.05, 0) is 30.5 Å². The van der Waals surface area contributed by atoms with Gasteiger partial charge in [-0.3, -0.25) is 4.99 Å². The van der Waals surface area contributed by atoms with Crippen molar-refractivity contribution in [3.8, 4) is 0 Å². The van der Waals surface area contributed by atoms with Gasteiger partial charge in [0, 0.05) is 28.2 Å². The van der Waals surface area contributed by atoms with Crippen LogP contribution in [0.25, 0.3) is 10.1 Å². The predicted octanol–water partition coefficient (Wildman–Crippen LogP) is 3.98. The molecule has 0 saturated heterocycles. The molecule has 0 saturated carbocycles. The number of thiophene rings is 1.